The molecular formula is C18H23NO2S. The van der Waals surface area contributed by atoms with E-state index in [4.69, 9.17) is 4.74 Å². The minimum atomic E-state index is -0.427. The summed E-state index contributed by atoms with van der Waals surface area (Å²) in [5, 5.41) is 12.4. The predicted octanol–water partition coefficient (Wildman–Crippen LogP) is 3.29. The van der Waals surface area contributed by atoms with Crippen LogP contribution in [0.5, 0.6) is 0 Å². The quantitative estimate of drug-likeness (QED) is 0.770. The van der Waals surface area contributed by atoms with Crippen LogP contribution in [0.15, 0.2) is 47.8 Å². The molecule has 0 aliphatic heterocycles. The van der Waals surface area contributed by atoms with E-state index in [0.29, 0.717) is 25.8 Å². The second kappa shape index (κ2) is 7.88. The van der Waals surface area contributed by atoms with Crippen molar-refractivity contribution >= 4 is 11.3 Å². The monoisotopic (exact) mass is 317 g/mol. The fourth-order valence-electron chi connectivity index (χ4n) is 2.60. The molecule has 4 heteroatoms. The number of benzene rings is 1. The summed E-state index contributed by atoms with van der Waals surface area (Å²) in [5.41, 5.74) is 1.15. The molecule has 1 unspecified atom stereocenters. The van der Waals surface area contributed by atoms with Crippen LogP contribution in [0.3, 0.4) is 0 Å². The Bertz CT molecular complexity index is 539. The molecule has 0 saturated heterocycles. The molecule has 118 valence electrons. The van der Waals surface area contributed by atoms with Crippen LogP contribution in [0, 0.1) is 0 Å². The van der Waals surface area contributed by atoms with Gasteiger partial charge < -0.3 is 9.84 Å². The van der Waals surface area contributed by atoms with Gasteiger partial charge in [0.25, 0.3) is 0 Å². The lowest BCUT2D eigenvalue weighted by atomic mass is 10.2. The van der Waals surface area contributed by atoms with Gasteiger partial charge in [-0.05, 0) is 29.9 Å². The molecule has 22 heavy (non-hydrogen) atoms. The first-order valence-electron chi connectivity index (χ1n) is 7.87. The number of aliphatic hydroxyl groups excluding tert-OH is 1. The first-order valence-corrected chi connectivity index (χ1v) is 8.75. The maximum absolute atomic E-state index is 10.2. The smallest absolute Gasteiger partial charge is 0.0900 e. The second-order valence-electron chi connectivity index (χ2n) is 5.89. The summed E-state index contributed by atoms with van der Waals surface area (Å²) < 4.78 is 5.64. The van der Waals surface area contributed by atoms with Crippen LogP contribution in [0.4, 0.5) is 0 Å². The highest BCUT2D eigenvalue weighted by atomic mass is 32.1. The van der Waals surface area contributed by atoms with Crippen molar-refractivity contribution in [3.63, 3.8) is 0 Å². The zero-order chi connectivity index (χ0) is 15.2. The van der Waals surface area contributed by atoms with Gasteiger partial charge in [0.05, 0.1) is 19.3 Å². The molecule has 3 nitrogen and oxygen atoms in total. The van der Waals surface area contributed by atoms with E-state index in [1.54, 1.807) is 11.3 Å². The number of ether oxygens (including phenoxy) is 1. The summed E-state index contributed by atoms with van der Waals surface area (Å²) in [6.07, 6.45) is 2.08. The fraction of sp³-hybridized carbons (Fsp3) is 0.444. The van der Waals surface area contributed by atoms with E-state index >= 15 is 0 Å². The first-order chi connectivity index (χ1) is 10.8. The van der Waals surface area contributed by atoms with Crippen molar-refractivity contribution in [1.82, 2.24) is 4.90 Å². The Balaban J connectivity index is 1.42. The molecule has 0 radical (unpaired) electrons. The van der Waals surface area contributed by atoms with Crippen LogP contribution >= 0.6 is 11.3 Å². The Morgan fingerprint density at radius 3 is 2.68 bits per heavy atom. The molecule has 0 bridgehead atoms. The van der Waals surface area contributed by atoms with Gasteiger partial charge in [-0.3, -0.25) is 4.90 Å². The summed E-state index contributed by atoms with van der Waals surface area (Å²) in [7, 11) is 0. The van der Waals surface area contributed by atoms with Gasteiger partial charge in [-0.1, -0.05) is 36.4 Å². The standard InChI is InChI=1S/C18H23NO2S/c20-17(14-21-13-15-5-2-1-3-6-15)11-19(16-8-9-16)12-18-7-4-10-22-18/h1-7,10,16-17,20H,8-9,11-14H2. The van der Waals surface area contributed by atoms with Gasteiger partial charge in [0.2, 0.25) is 0 Å². The van der Waals surface area contributed by atoms with E-state index in [1.165, 1.54) is 17.7 Å². The van der Waals surface area contributed by atoms with Crippen molar-refractivity contribution < 1.29 is 9.84 Å². The van der Waals surface area contributed by atoms with Gasteiger partial charge >= 0.3 is 0 Å². The highest BCUT2D eigenvalue weighted by molar-refractivity contribution is 7.09. The van der Waals surface area contributed by atoms with Gasteiger partial charge in [-0.15, -0.1) is 11.3 Å². The third-order valence-corrected chi connectivity index (χ3v) is 4.73. The van der Waals surface area contributed by atoms with Crippen molar-refractivity contribution in [2.45, 2.75) is 38.1 Å². The first kappa shape index (κ1) is 15.7. The van der Waals surface area contributed by atoms with Gasteiger partial charge in [0.15, 0.2) is 0 Å². The van der Waals surface area contributed by atoms with Crippen molar-refractivity contribution in [3.05, 3.63) is 58.3 Å². The normalized spacial score (nSPS) is 16.1. The Morgan fingerprint density at radius 2 is 2.00 bits per heavy atom. The lowest BCUT2D eigenvalue weighted by molar-refractivity contribution is 0.00722. The molecule has 1 fully saturated rings. The molecule has 3 rings (SSSR count). The van der Waals surface area contributed by atoms with Gasteiger partial charge in [0.1, 0.15) is 0 Å². The van der Waals surface area contributed by atoms with Crippen LogP contribution in [-0.4, -0.2) is 35.3 Å². The minimum Gasteiger partial charge on any atom is -0.389 e. The molecule has 1 heterocycles. The minimum absolute atomic E-state index is 0.391. The molecule has 1 saturated carbocycles. The summed E-state index contributed by atoms with van der Waals surface area (Å²) in [6.45, 7) is 2.59. The zero-order valence-electron chi connectivity index (χ0n) is 12.7. The largest absolute Gasteiger partial charge is 0.389 e. The van der Waals surface area contributed by atoms with Crippen molar-refractivity contribution in [2.24, 2.45) is 0 Å². The maximum Gasteiger partial charge on any atom is 0.0900 e. The van der Waals surface area contributed by atoms with Crippen LogP contribution in [0.1, 0.15) is 23.3 Å². The Hall–Kier alpha value is -1.20. The molecule has 1 atom stereocenters. The number of rotatable bonds is 9. The number of aliphatic hydroxyl groups is 1. The van der Waals surface area contributed by atoms with Gasteiger partial charge in [-0.2, -0.15) is 0 Å². The molecule has 0 amide bonds. The number of nitrogens with zero attached hydrogens (tertiary/aromatic N) is 1. The van der Waals surface area contributed by atoms with E-state index < -0.39 is 6.10 Å². The summed E-state index contributed by atoms with van der Waals surface area (Å²) in [6, 6.07) is 15.0. The third-order valence-electron chi connectivity index (χ3n) is 3.87. The van der Waals surface area contributed by atoms with E-state index in [2.05, 4.69) is 22.4 Å². The van der Waals surface area contributed by atoms with E-state index in [-0.39, 0.29) is 0 Å². The second-order valence-corrected chi connectivity index (χ2v) is 6.93. The molecule has 1 aliphatic rings. The van der Waals surface area contributed by atoms with Gasteiger partial charge in [0, 0.05) is 24.0 Å². The summed E-state index contributed by atoms with van der Waals surface area (Å²) in [5.74, 6) is 0. The molecule has 0 spiro atoms. The van der Waals surface area contributed by atoms with Crippen LogP contribution in [0.2, 0.25) is 0 Å². The van der Waals surface area contributed by atoms with Crippen molar-refractivity contribution in [2.75, 3.05) is 13.2 Å². The van der Waals surface area contributed by atoms with Crippen LogP contribution in [0.25, 0.3) is 0 Å². The average molecular weight is 317 g/mol. The lowest BCUT2D eigenvalue weighted by Crippen LogP contribution is -2.35. The Morgan fingerprint density at radius 1 is 1.18 bits per heavy atom. The summed E-state index contributed by atoms with van der Waals surface area (Å²) >= 11 is 1.78. The predicted molar refractivity (Wildman–Crippen MR) is 89.9 cm³/mol. The highest BCUT2D eigenvalue weighted by Crippen LogP contribution is 2.29. The molecule has 1 N–H and O–H groups in total. The lowest BCUT2D eigenvalue weighted by Gasteiger charge is -2.24. The highest BCUT2D eigenvalue weighted by Gasteiger charge is 2.30. The van der Waals surface area contributed by atoms with E-state index in [1.807, 2.05) is 30.3 Å². The van der Waals surface area contributed by atoms with E-state index in [9.17, 15) is 5.11 Å². The molecule has 1 aromatic heterocycles. The Kier molecular flexibility index (Phi) is 5.62. The number of hydrogen-bond donors (Lipinski definition) is 1. The number of hydrogen-bond acceptors (Lipinski definition) is 4. The van der Waals surface area contributed by atoms with Gasteiger partial charge in [-0.25, -0.2) is 0 Å². The molecule has 1 aromatic carbocycles. The Labute approximate surface area is 136 Å². The molecular weight excluding hydrogens is 294 g/mol. The third kappa shape index (κ3) is 4.92. The van der Waals surface area contributed by atoms with Crippen molar-refractivity contribution in [1.29, 1.82) is 0 Å². The van der Waals surface area contributed by atoms with Crippen LogP contribution in [-0.2, 0) is 17.9 Å². The van der Waals surface area contributed by atoms with Crippen molar-refractivity contribution in [3.8, 4) is 0 Å². The van der Waals surface area contributed by atoms with Crippen LogP contribution < -0.4 is 0 Å². The topological polar surface area (TPSA) is 32.7 Å². The SMILES string of the molecule is OC(COCc1ccccc1)CN(Cc1cccs1)C1CC1. The molecule has 1 aliphatic carbocycles. The average Bonchev–Trinajstić information content (AvgIpc) is 3.26. The summed E-state index contributed by atoms with van der Waals surface area (Å²) in [4.78, 5) is 3.76. The fourth-order valence-corrected chi connectivity index (χ4v) is 3.32. The zero-order valence-corrected chi connectivity index (χ0v) is 13.5. The van der Waals surface area contributed by atoms with E-state index in [0.717, 1.165) is 12.1 Å². The number of thiophene rings is 1. The molecule has 2 aromatic rings. The maximum atomic E-state index is 10.2.